The zero-order valence-corrected chi connectivity index (χ0v) is 13.4. The molecule has 0 amide bonds. The SMILES string of the molecule is CCCNCc1cc(CN(C)Cc2ccsc2)c(C)o1. The fraction of sp³-hybridized carbons (Fsp3) is 0.500. The van der Waals surface area contributed by atoms with Gasteiger partial charge in [-0.1, -0.05) is 6.92 Å². The fourth-order valence-electron chi connectivity index (χ4n) is 2.26. The molecule has 0 aliphatic rings. The fourth-order valence-corrected chi connectivity index (χ4v) is 2.92. The van der Waals surface area contributed by atoms with E-state index in [1.54, 1.807) is 11.3 Å². The van der Waals surface area contributed by atoms with Crippen LogP contribution in [0.3, 0.4) is 0 Å². The quantitative estimate of drug-likeness (QED) is 0.751. The summed E-state index contributed by atoms with van der Waals surface area (Å²) in [5.74, 6) is 2.07. The van der Waals surface area contributed by atoms with Crippen LogP contribution >= 0.6 is 11.3 Å². The van der Waals surface area contributed by atoms with E-state index in [9.17, 15) is 0 Å². The number of rotatable bonds is 8. The van der Waals surface area contributed by atoms with Gasteiger partial charge >= 0.3 is 0 Å². The number of hydrogen-bond donors (Lipinski definition) is 1. The van der Waals surface area contributed by atoms with Crippen LogP contribution in [0.5, 0.6) is 0 Å². The molecule has 0 saturated carbocycles. The van der Waals surface area contributed by atoms with Crippen molar-refractivity contribution in [3.8, 4) is 0 Å². The molecule has 0 aliphatic heterocycles. The maximum atomic E-state index is 5.81. The molecule has 0 aliphatic carbocycles. The Bertz CT molecular complexity index is 505. The van der Waals surface area contributed by atoms with Gasteiger partial charge in [0.15, 0.2) is 0 Å². The van der Waals surface area contributed by atoms with Gasteiger partial charge in [-0.05, 0) is 55.4 Å². The van der Waals surface area contributed by atoms with Crippen molar-refractivity contribution in [1.82, 2.24) is 10.2 Å². The summed E-state index contributed by atoms with van der Waals surface area (Å²) in [5, 5.41) is 7.71. The molecule has 20 heavy (non-hydrogen) atoms. The molecule has 0 spiro atoms. The van der Waals surface area contributed by atoms with Crippen molar-refractivity contribution in [2.75, 3.05) is 13.6 Å². The largest absolute Gasteiger partial charge is 0.465 e. The van der Waals surface area contributed by atoms with Gasteiger partial charge in [-0.25, -0.2) is 0 Å². The average molecular weight is 292 g/mol. The zero-order chi connectivity index (χ0) is 14.4. The molecule has 0 bridgehead atoms. The Balaban J connectivity index is 1.88. The van der Waals surface area contributed by atoms with Gasteiger partial charge in [-0.2, -0.15) is 11.3 Å². The number of aryl methyl sites for hydroxylation is 1. The molecule has 110 valence electrons. The predicted octanol–water partition coefficient (Wildman–Crippen LogP) is 3.78. The third-order valence-electron chi connectivity index (χ3n) is 3.27. The summed E-state index contributed by atoms with van der Waals surface area (Å²) < 4.78 is 5.81. The Morgan fingerprint density at radius 3 is 2.90 bits per heavy atom. The van der Waals surface area contributed by atoms with Gasteiger partial charge in [-0.3, -0.25) is 4.90 Å². The molecule has 2 rings (SSSR count). The maximum Gasteiger partial charge on any atom is 0.118 e. The number of nitrogens with zero attached hydrogens (tertiary/aromatic N) is 1. The molecule has 2 aromatic heterocycles. The molecule has 0 fully saturated rings. The minimum Gasteiger partial charge on any atom is -0.465 e. The second-order valence-electron chi connectivity index (χ2n) is 5.27. The summed E-state index contributed by atoms with van der Waals surface area (Å²) in [6, 6.07) is 4.37. The molecule has 0 atom stereocenters. The monoisotopic (exact) mass is 292 g/mol. The minimum atomic E-state index is 0.822. The Morgan fingerprint density at radius 1 is 1.35 bits per heavy atom. The number of nitrogens with one attached hydrogen (secondary N) is 1. The van der Waals surface area contributed by atoms with Crippen LogP contribution in [0.2, 0.25) is 0 Å². The summed E-state index contributed by atoms with van der Waals surface area (Å²) in [7, 11) is 2.15. The first kappa shape index (κ1) is 15.3. The molecule has 0 unspecified atom stereocenters. The van der Waals surface area contributed by atoms with Crippen LogP contribution in [0.1, 0.15) is 36.0 Å². The van der Waals surface area contributed by atoms with Crippen LogP contribution < -0.4 is 5.32 Å². The van der Waals surface area contributed by atoms with Crippen LogP contribution in [-0.2, 0) is 19.6 Å². The lowest BCUT2D eigenvalue weighted by molar-refractivity contribution is 0.316. The molecule has 0 saturated heterocycles. The minimum absolute atomic E-state index is 0.822. The van der Waals surface area contributed by atoms with Gasteiger partial charge in [-0.15, -0.1) is 0 Å². The van der Waals surface area contributed by atoms with Gasteiger partial charge in [0.1, 0.15) is 11.5 Å². The highest BCUT2D eigenvalue weighted by molar-refractivity contribution is 7.07. The predicted molar refractivity (Wildman–Crippen MR) is 84.9 cm³/mol. The topological polar surface area (TPSA) is 28.4 Å². The number of hydrogen-bond acceptors (Lipinski definition) is 4. The average Bonchev–Trinajstić information content (AvgIpc) is 3.01. The zero-order valence-electron chi connectivity index (χ0n) is 12.6. The lowest BCUT2D eigenvalue weighted by Crippen LogP contribution is -2.17. The third-order valence-corrected chi connectivity index (χ3v) is 4.00. The van der Waals surface area contributed by atoms with E-state index in [0.717, 1.165) is 44.1 Å². The molecular formula is C16H24N2OS. The van der Waals surface area contributed by atoms with Gasteiger partial charge in [0.25, 0.3) is 0 Å². The maximum absolute atomic E-state index is 5.81. The Hall–Kier alpha value is -1.10. The van der Waals surface area contributed by atoms with E-state index in [0.29, 0.717) is 0 Å². The standard InChI is InChI=1S/C16H24N2OS/c1-4-6-17-9-16-8-15(13(2)19-16)11-18(3)10-14-5-7-20-12-14/h5,7-8,12,17H,4,6,9-11H2,1-3H3. The first-order chi connectivity index (χ1) is 9.69. The summed E-state index contributed by atoms with van der Waals surface area (Å²) in [4.78, 5) is 2.32. The second kappa shape index (κ2) is 7.62. The highest BCUT2D eigenvalue weighted by Gasteiger charge is 2.10. The van der Waals surface area contributed by atoms with Gasteiger partial charge in [0.2, 0.25) is 0 Å². The smallest absolute Gasteiger partial charge is 0.118 e. The summed E-state index contributed by atoms with van der Waals surface area (Å²) in [6.45, 7) is 7.99. The highest BCUT2D eigenvalue weighted by Crippen LogP contribution is 2.18. The molecule has 2 aromatic rings. The molecule has 3 nitrogen and oxygen atoms in total. The summed E-state index contributed by atoms with van der Waals surface area (Å²) in [6.07, 6.45) is 1.15. The molecule has 2 heterocycles. The molecular weight excluding hydrogens is 268 g/mol. The van der Waals surface area contributed by atoms with Crippen molar-refractivity contribution < 1.29 is 4.42 Å². The molecule has 1 N–H and O–H groups in total. The van der Waals surface area contributed by atoms with Gasteiger partial charge in [0.05, 0.1) is 6.54 Å². The van der Waals surface area contributed by atoms with Gasteiger partial charge in [0, 0.05) is 18.7 Å². The van der Waals surface area contributed by atoms with E-state index in [1.807, 2.05) is 0 Å². The van der Waals surface area contributed by atoms with Crippen molar-refractivity contribution in [2.45, 2.75) is 39.9 Å². The van der Waals surface area contributed by atoms with Gasteiger partial charge < -0.3 is 9.73 Å². The van der Waals surface area contributed by atoms with E-state index >= 15 is 0 Å². The lowest BCUT2D eigenvalue weighted by Gasteiger charge is -2.15. The van der Waals surface area contributed by atoms with Crippen molar-refractivity contribution in [3.05, 3.63) is 45.5 Å². The second-order valence-corrected chi connectivity index (χ2v) is 6.05. The summed E-state index contributed by atoms with van der Waals surface area (Å²) in [5.41, 5.74) is 2.67. The molecule has 4 heteroatoms. The normalized spacial score (nSPS) is 11.4. The third kappa shape index (κ3) is 4.47. The van der Waals surface area contributed by atoms with E-state index in [1.165, 1.54) is 11.1 Å². The Morgan fingerprint density at radius 2 is 2.20 bits per heavy atom. The van der Waals surface area contributed by atoms with Crippen LogP contribution in [-0.4, -0.2) is 18.5 Å². The molecule has 0 radical (unpaired) electrons. The van der Waals surface area contributed by atoms with E-state index < -0.39 is 0 Å². The lowest BCUT2D eigenvalue weighted by atomic mass is 10.2. The van der Waals surface area contributed by atoms with Crippen LogP contribution in [0.25, 0.3) is 0 Å². The van der Waals surface area contributed by atoms with Crippen molar-refractivity contribution >= 4 is 11.3 Å². The Kier molecular flexibility index (Phi) is 5.83. The van der Waals surface area contributed by atoms with Crippen LogP contribution in [0.4, 0.5) is 0 Å². The number of furan rings is 1. The number of thiophene rings is 1. The first-order valence-corrected chi connectivity index (χ1v) is 8.12. The van der Waals surface area contributed by atoms with Crippen molar-refractivity contribution in [2.24, 2.45) is 0 Å². The highest BCUT2D eigenvalue weighted by atomic mass is 32.1. The van der Waals surface area contributed by atoms with E-state index in [4.69, 9.17) is 4.42 Å². The van der Waals surface area contributed by atoms with Crippen LogP contribution in [0.15, 0.2) is 27.3 Å². The van der Waals surface area contributed by atoms with E-state index in [2.05, 4.69) is 54.0 Å². The van der Waals surface area contributed by atoms with Crippen molar-refractivity contribution in [3.63, 3.8) is 0 Å². The van der Waals surface area contributed by atoms with E-state index in [-0.39, 0.29) is 0 Å². The van der Waals surface area contributed by atoms with Crippen LogP contribution in [0, 0.1) is 6.92 Å². The Labute approximate surface area is 125 Å². The first-order valence-electron chi connectivity index (χ1n) is 7.17. The van der Waals surface area contributed by atoms with Crippen molar-refractivity contribution in [1.29, 1.82) is 0 Å². The molecule has 0 aromatic carbocycles. The summed E-state index contributed by atoms with van der Waals surface area (Å²) >= 11 is 1.75.